The van der Waals surface area contributed by atoms with Crippen molar-refractivity contribution in [3.05, 3.63) is 35.4 Å². The van der Waals surface area contributed by atoms with Crippen LogP contribution in [0.2, 0.25) is 0 Å². The van der Waals surface area contributed by atoms with Crippen LogP contribution in [0.5, 0.6) is 0 Å². The van der Waals surface area contributed by atoms with Gasteiger partial charge < -0.3 is 15.1 Å². The van der Waals surface area contributed by atoms with Gasteiger partial charge in [0.05, 0.1) is 0 Å². The van der Waals surface area contributed by atoms with Gasteiger partial charge >= 0.3 is 0 Å². The molecule has 1 atom stereocenters. The first kappa shape index (κ1) is 17.3. The average molecular weight is 329 g/mol. The third kappa shape index (κ3) is 4.50. The lowest BCUT2D eigenvalue weighted by Gasteiger charge is -2.23. The Bertz CT molecular complexity index is 565. The standard InChI is InChI=1S/C20H32N4/c1-4-21-20(23(3)15-18-8-6-5-7-16(18)2)22-13-17-11-12-24(14-17)19-9-10-19/h5-8,17,19H,4,9-15H2,1-3H3,(H,21,22). The van der Waals surface area contributed by atoms with Crippen LogP contribution in [0.1, 0.15) is 37.3 Å². The van der Waals surface area contributed by atoms with Crippen molar-refractivity contribution in [3.63, 3.8) is 0 Å². The molecule has 4 heteroatoms. The van der Waals surface area contributed by atoms with Gasteiger partial charge in [0.15, 0.2) is 5.96 Å². The summed E-state index contributed by atoms with van der Waals surface area (Å²) in [4.78, 5) is 9.86. The third-order valence-corrected chi connectivity index (χ3v) is 5.25. The van der Waals surface area contributed by atoms with E-state index < -0.39 is 0 Å². The number of benzene rings is 1. The number of hydrogen-bond donors (Lipinski definition) is 1. The fourth-order valence-corrected chi connectivity index (χ4v) is 3.59. The van der Waals surface area contributed by atoms with Crippen LogP contribution in [-0.2, 0) is 6.54 Å². The highest BCUT2D eigenvalue weighted by molar-refractivity contribution is 5.79. The summed E-state index contributed by atoms with van der Waals surface area (Å²) in [5, 5.41) is 3.45. The van der Waals surface area contributed by atoms with Crippen LogP contribution in [0.4, 0.5) is 0 Å². The number of nitrogens with zero attached hydrogens (tertiary/aromatic N) is 3. The van der Waals surface area contributed by atoms with E-state index in [1.54, 1.807) is 0 Å². The largest absolute Gasteiger partial charge is 0.357 e. The van der Waals surface area contributed by atoms with Crippen molar-refractivity contribution in [2.24, 2.45) is 10.9 Å². The molecular formula is C20H32N4. The predicted octanol–water partition coefficient (Wildman–Crippen LogP) is 2.88. The van der Waals surface area contributed by atoms with Gasteiger partial charge in [-0.05, 0) is 56.7 Å². The Hall–Kier alpha value is -1.55. The van der Waals surface area contributed by atoms with E-state index in [-0.39, 0.29) is 0 Å². The van der Waals surface area contributed by atoms with Gasteiger partial charge in [0.1, 0.15) is 0 Å². The maximum Gasteiger partial charge on any atom is 0.193 e. The molecule has 2 aliphatic rings. The lowest BCUT2D eigenvalue weighted by molar-refractivity contribution is 0.315. The molecule has 2 fully saturated rings. The summed E-state index contributed by atoms with van der Waals surface area (Å²) in [5.74, 6) is 1.76. The zero-order chi connectivity index (χ0) is 16.9. The minimum Gasteiger partial charge on any atom is -0.357 e. The predicted molar refractivity (Wildman–Crippen MR) is 101 cm³/mol. The molecule has 0 bridgehead atoms. The van der Waals surface area contributed by atoms with Gasteiger partial charge in [-0.1, -0.05) is 24.3 Å². The van der Waals surface area contributed by atoms with Gasteiger partial charge in [-0.2, -0.15) is 0 Å². The molecule has 1 aliphatic carbocycles. The van der Waals surface area contributed by atoms with Gasteiger partial charge in [0, 0.05) is 39.3 Å². The van der Waals surface area contributed by atoms with E-state index in [1.807, 2.05) is 0 Å². The fourth-order valence-electron chi connectivity index (χ4n) is 3.59. The Morgan fingerprint density at radius 1 is 1.29 bits per heavy atom. The summed E-state index contributed by atoms with van der Waals surface area (Å²) < 4.78 is 0. The molecule has 1 saturated carbocycles. The zero-order valence-electron chi connectivity index (χ0n) is 15.5. The minimum atomic E-state index is 0.728. The highest BCUT2D eigenvalue weighted by Gasteiger charge is 2.34. The van der Waals surface area contributed by atoms with Crippen LogP contribution < -0.4 is 5.32 Å². The van der Waals surface area contributed by atoms with Crippen LogP contribution in [0.15, 0.2) is 29.3 Å². The van der Waals surface area contributed by atoms with Gasteiger partial charge in [0.25, 0.3) is 0 Å². The molecule has 1 N–H and O–H groups in total. The number of guanidine groups is 1. The summed E-state index contributed by atoms with van der Waals surface area (Å²) in [6, 6.07) is 9.50. The SMILES string of the molecule is CCNC(=NCC1CCN(C2CC2)C1)N(C)Cc1ccccc1C. The third-order valence-electron chi connectivity index (χ3n) is 5.25. The van der Waals surface area contributed by atoms with Crippen molar-refractivity contribution in [2.45, 2.75) is 45.7 Å². The summed E-state index contributed by atoms with van der Waals surface area (Å²) in [6.07, 6.45) is 4.14. The monoisotopic (exact) mass is 328 g/mol. The number of aryl methyl sites for hydroxylation is 1. The molecule has 1 saturated heterocycles. The summed E-state index contributed by atoms with van der Waals surface area (Å²) in [5.41, 5.74) is 2.71. The first-order chi connectivity index (χ1) is 11.7. The summed E-state index contributed by atoms with van der Waals surface area (Å²) in [6.45, 7) is 9.60. The van der Waals surface area contributed by atoms with E-state index in [0.29, 0.717) is 0 Å². The Kier molecular flexibility index (Phi) is 5.77. The molecule has 4 nitrogen and oxygen atoms in total. The first-order valence-electron chi connectivity index (χ1n) is 9.45. The van der Waals surface area contributed by atoms with E-state index in [1.165, 1.54) is 43.5 Å². The normalized spacial score (nSPS) is 22.0. The molecule has 1 heterocycles. The molecule has 1 aliphatic heterocycles. The molecule has 0 spiro atoms. The average Bonchev–Trinajstić information content (AvgIpc) is 3.32. The van der Waals surface area contributed by atoms with Crippen molar-refractivity contribution < 1.29 is 0 Å². The second-order valence-corrected chi connectivity index (χ2v) is 7.36. The van der Waals surface area contributed by atoms with Gasteiger partial charge in [-0.25, -0.2) is 0 Å². The molecule has 3 rings (SSSR count). The number of likely N-dealkylation sites (tertiary alicyclic amines) is 1. The number of nitrogens with one attached hydrogen (secondary N) is 1. The van der Waals surface area contributed by atoms with Crippen LogP contribution >= 0.6 is 0 Å². The van der Waals surface area contributed by atoms with E-state index >= 15 is 0 Å². The number of aliphatic imine (C=N–C) groups is 1. The van der Waals surface area contributed by atoms with E-state index in [9.17, 15) is 0 Å². The lowest BCUT2D eigenvalue weighted by Crippen LogP contribution is -2.39. The van der Waals surface area contributed by atoms with E-state index in [2.05, 4.69) is 60.3 Å². The molecule has 132 valence electrons. The van der Waals surface area contributed by atoms with E-state index in [4.69, 9.17) is 4.99 Å². The molecule has 0 radical (unpaired) electrons. The Morgan fingerprint density at radius 3 is 2.79 bits per heavy atom. The number of rotatable bonds is 6. The quantitative estimate of drug-likeness (QED) is 0.643. The number of hydrogen-bond acceptors (Lipinski definition) is 2. The first-order valence-corrected chi connectivity index (χ1v) is 9.45. The molecular weight excluding hydrogens is 296 g/mol. The van der Waals surface area contributed by atoms with Crippen LogP contribution in [0, 0.1) is 12.8 Å². The van der Waals surface area contributed by atoms with Crippen molar-refractivity contribution in [2.75, 3.05) is 33.2 Å². The van der Waals surface area contributed by atoms with Gasteiger partial charge in [-0.3, -0.25) is 4.99 Å². The van der Waals surface area contributed by atoms with Crippen molar-refractivity contribution in [3.8, 4) is 0 Å². The fraction of sp³-hybridized carbons (Fsp3) is 0.650. The van der Waals surface area contributed by atoms with Crippen LogP contribution in [0.25, 0.3) is 0 Å². The highest BCUT2D eigenvalue weighted by Crippen LogP contribution is 2.31. The van der Waals surface area contributed by atoms with Gasteiger partial charge in [-0.15, -0.1) is 0 Å². The lowest BCUT2D eigenvalue weighted by atomic mass is 10.1. The second kappa shape index (κ2) is 8.02. The summed E-state index contributed by atoms with van der Waals surface area (Å²) >= 11 is 0. The summed E-state index contributed by atoms with van der Waals surface area (Å²) in [7, 11) is 2.14. The molecule has 1 aromatic carbocycles. The molecule has 1 unspecified atom stereocenters. The highest BCUT2D eigenvalue weighted by atomic mass is 15.3. The Morgan fingerprint density at radius 2 is 2.08 bits per heavy atom. The Labute approximate surface area is 146 Å². The topological polar surface area (TPSA) is 30.9 Å². The van der Waals surface area contributed by atoms with Crippen LogP contribution in [0.3, 0.4) is 0 Å². The molecule has 1 aromatic rings. The van der Waals surface area contributed by atoms with Crippen LogP contribution in [-0.4, -0.2) is 55.0 Å². The van der Waals surface area contributed by atoms with E-state index in [0.717, 1.165) is 37.6 Å². The van der Waals surface area contributed by atoms with Crippen molar-refractivity contribution in [1.82, 2.24) is 15.1 Å². The van der Waals surface area contributed by atoms with Gasteiger partial charge in [0.2, 0.25) is 0 Å². The molecule has 0 aromatic heterocycles. The Balaban J connectivity index is 1.57. The van der Waals surface area contributed by atoms with Crippen molar-refractivity contribution >= 4 is 5.96 Å². The smallest absolute Gasteiger partial charge is 0.193 e. The van der Waals surface area contributed by atoms with Crippen molar-refractivity contribution in [1.29, 1.82) is 0 Å². The molecule has 0 amide bonds. The maximum absolute atomic E-state index is 4.94. The minimum absolute atomic E-state index is 0.728. The maximum atomic E-state index is 4.94. The zero-order valence-corrected chi connectivity index (χ0v) is 15.5. The molecule has 24 heavy (non-hydrogen) atoms. The second-order valence-electron chi connectivity index (χ2n) is 7.36.